The van der Waals surface area contributed by atoms with Crippen molar-refractivity contribution in [1.82, 2.24) is 15.0 Å². The van der Waals surface area contributed by atoms with E-state index in [2.05, 4.69) is 32.1 Å². The van der Waals surface area contributed by atoms with Crippen molar-refractivity contribution in [1.29, 1.82) is 0 Å². The molecule has 0 aromatic carbocycles. The van der Waals surface area contributed by atoms with Crippen molar-refractivity contribution >= 4 is 11.9 Å². The smallest absolute Gasteiger partial charge is 0.323 e. The van der Waals surface area contributed by atoms with Gasteiger partial charge in [0.05, 0.1) is 6.10 Å². The van der Waals surface area contributed by atoms with Crippen molar-refractivity contribution in [2.75, 3.05) is 30.4 Å². The number of hydrogen-bond acceptors (Lipinski definition) is 6. The average Bonchev–Trinajstić information content (AvgIpc) is 2.71. The first-order valence-electron chi connectivity index (χ1n) is 7.97. The van der Waals surface area contributed by atoms with Crippen LogP contribution in [0.4, 0.5) is 11.9 Å². The molecule has 1 aromatic rings. The van der Waals surface area contributed by atoms with Gasteiger partial charge < -0.3 is 15.0 Å². The molecule has 21 heavy (non-hydrogen) atoms. The summed E-state index contributed by atoms with van der Waals surface area (Å²) in [6.45, 7) is 8.23. The lowest BCUT2D eigenvalue weighted by molar-refractivity contribution is 0.222. The number of rotatable bonds is 5. The summed E-state index contributed by atoms with van der Waals surface area (Å²) in [7, 11) is 1.81. The van der Waals surface area contributed by atoms with Gasteiger partial charge in [-0.3, -0.25) is 0 Å². The summed E-state index contributed by atoms with van der Waals surface area (Å²) in [4.78, 5) is 15.5. The highest BCUT2D eigenvalue weighted by atomic mass is 16.5. The summed E-state index contributed by atoms with van der Waals surface area (Å²) in [5.74, 6) is 2.11. The predicted molar refractivity (Wildman–Crippen MR) is 85.0 cm³/mol. The van der Waals surface area contributed by atoms with Crippen LogP contribution in [0, 0.1) is 5.92 Å². The normalized spacial score (nSPS) is 19.5. The fourth-order valence-electron chi connectivity index (χ4n) is 2.64. The zero-order valence-electron chi connectivity index (χ0n) is 13.6. The summed E-state index contributed by atoms with van der Waals surface area (Å²) >= 11 is 0. The number of ether oxygens (including phenoxy) is 1. The van der Waals surface area contributed by atoms with Gasteiger partial charge in [-0.2, -0.15) is 15.0 Å². The van der Waals surface area contributed by atoms with Crippen LogP contribution >= 0.6 is 0 Å². The lowest BCUT2D eigenvalue weighted by Gasteiger charge is -2.21. The van der Waals surface area contributed by atoms with Crippen LogP contribution in [0.2, 0.25) is 0 Å². The van der Waals surface area contributed by atoms with Crippen molar-refractivity contribution in [3.8, 4) is 6.01 Å². The van der Waals surface area contributed by atoms with E-state index in [1.807, 2.05) is 20.9 Å². The lowest BCUT2D eigenvalue weighted by Crippen LogP contribution is -2.27. The van der Waals surface area contributed by atoms with E-state index in [-0.39, 0.29) is 6.10 Å². The first-order valence-corrected chi connectivity index (χ1v) is 7.97. The molecule has 0 spiro atoms. The summed E-state index contributed by atoms with van der Waals surface area (Å²) in [6, 6.07) is 0.399. The van der Waals surface area contributed by atoms with Crippen LogP contribution in [0.5, 0.6) is 6.01 Å². The van der Waals surface area contributed by atoms with Crippen LogP contribution in [-0.2, 0) is 0 Å². The van der Waals surface area contributed by atoms with E-state index in [4.69, 9.17) is 4.74 Å². The molecule has 0 radical (unpaired) electrons. The maximum absolute atomic E-state index is 5.63. The largest absolute Gasteiger partial charge is 0.461 e. The molecule has 1 aromatic heterocycles. The Bertz CT molecular complexity index is 452. The number of nitrogens with one attached hydrogen (secondary N) is 1. The van der Waals surface area contributed by atoms with Crippen LogP contribution in [0.1, 0.15) is 46.5 Å². The second kappa shape index (κ2) is 7.43. The lowest BCUT2D eigenvalue weighted by atomic mass is 9.98. The molecule has 1 aliphatic rings. The maximum Gasteiger partial charge on any atom is 0.323 e. The molecule has 0 saturated carbocycles. The Hall–Kier alpha value is -1.59. The second-order valence-electron chi connectivity index (χ2n) is 5.85. The molecule has 0 aliphatic carbocycles. The third-order valence-corrected chi connectivity index (χ3v) is 3.88. The molecular weight excluding hydrogens is 266 g/mol. The summed E-state index contributed by atoms with van der Waals surface area (Å²) in [6.07, 6.45) is 5.01. The van der Waals surface area contributed by atoms with Crippen molar-refractivity contribution < 1.29 is 4.74 Å². The van der Waals surface area contributed by atoms with E-state index in [9.17, 15) is 0 Å². The average molecular weight is 293 g/mol. The van der Waals surface area contributed by atoms with Crippen LogP contribution in [-0.4, -0.2) is 41.2 Å². The molecule has 1 fully saturated rings. The molecular formula is C15H27N5O. The minimum atomic E-state index is 0.0542. The van der Waals surface area contributed by atoms with Gasteiger partial charge in [0.15, 0.2) is 0 Å². The van der Waals surface area contributed by atoms with Crippen molar-refractivity contribution in [2.24, 2.45) is 5.92 Å². The van der Waals surface area contributed by atoms with Gasteiger partial charge in [0.1, 0.15) is 0 Å². The van der Waals surface area contributed by atoms with E-state index in [0.717, 1.165) is 25.0 Å². The fraction of sp³-hybridized carbons (Fsp3) is 0.800. The topological polar surface area (TPSA) is 63.2 Å². The highest BCUT2D eigenvalue weighted by molar-refractivity contribution is 5.38. The molecule has 118 valence electrons. The molecule has 6 heteroatoms. The van der Waals surface area contributed by atoms with Gasteiger partial charge in [-0.15, -0.1) is 0 Å². The van der Waals surface area contributed by atoms with Gasteiger partial charge in [-0.25, -0.2) is 0 Å². The molecule has 1 N–H and O–H groups in total. The number of aromatic nitrogens is 3. The molecule has 2 heterocycles. The van der Waals surface area contributed by atoms with Crippen molar-refractivity contribution in [2.45, 2.75) is 52.6 Å². The standard InChI is InChI=1S/C15H27N5O/c1-5-12-7-6-9-20(10-8-12)14-17-13(16-4)18-15(19-14)21-11(2)3/h11-12H,5-10H2,1-4H3,(H,16,17,18,19). The molecule has 1 aliphatic heterocycles. The van der Waals surface area contributed by atoms with Crippen molar-refractivity contribution in [3.63, 3.8) is 0 Å². The molecule has 6 nitrogen and oxygen atoms in total. The third kappa shape index (κ3) is 4.44. The SMILES string of the molecule is CCC1CCCN(c2nc(NC)nc(OC(C)C)n2)CC1. The molecule has 1 atom stereocenters. The zero-order chi connectivity index (χ0) is 15.2. The zero-order valence-corrected chi connectivity index (χ0v) is 13.6. The Kier molecular flexibility index (Phi) is 5.59. The van der Waals surface area contributed by atoms with Gasteiger partial charge in [0.2, 0.25) is 11.9 Å². The molecule has 0 amide bonds. The van der Waals surface area contributed by atoms with Crippen LogP contribution in [0.15, 0.2) is 0 Å². The van der Waals surface area contributed by atoms with E-state index in [0.29, 0.717) is 12.0 Å². The quantitative estimate of drug-likeness (QED) is 0.900. The van der Waals surface area contributed by atoms with Crippen LogP contribution in [0.3, 0.4) is 0 Å². The van der Waals surface area contributed by atoms with E-state index >= 15 is 0 Å². The van der Waals surface area contributed by atoms with Gasteiger partial charge >= 0.3 is 6.01 Å². The highest BCUT2D eigenvalue weighted by Gasteiger charge is 2.19. The van der Waals surface area contributed by atoms with E-state index in [1.165, 1.54) is 25.7 Å². The van der Waals surface area contributed by atoms with Gasteiger partial charge in [-0.1, -0.05) is 13.3 Å². The fourth-order valence-corrected chi connectivity index (χ4v) is 2.64. The first kappa shape index (κ1) is 15.8. The van der Waals surface area contributed by atoms with Crippen molar-refractivity contribution in [3.05, 3.63) is 0 Å². The maximum atomic E-state index is 5.63. The number of nitrogens with zero attached hydrogens (tertiary/aromatic N) is 4. The first-order chi connectivity index (χ1) is 10.1. The Morgan fingerprint density at radius 2 is 2.05 bits per heavy atom. The summed E-state index contributed by atoms with van der Waals surface area (Å²) in [5, 5.41) is 2.99. The third-order valence-electron chi connectivity index (χ3n) is 3.88. The molecule has 1 saturated heterocycles. The Morgan fingerprint density at radius 1 is 1.24 bits per heavy atom. The Morgan fingerprint density at radius 3 is 2.71 bits per heavy atom. The predicted octanol–water partition coefficient (Wildman–Crippen LogP) is 2.72. The minimum Gasteiger partial charge on any atom is -0.461 e. The van der Waals surface area contributed by atoms with E-state index in [1.54, 1.807) is 0 Å². The monoisotopic (exact) mass is 293 g/mol. The van der Waals surface area contributed by atoms with Gasteiger partial charge in [0.25, 0.3) is 0 Å². The molecule has 0 bridgehead atoms. The van der Waals surface area contributed by atoms with E-state index < -0.39 is 0 Å². The number of anilines is 2. The summed E-state index contributed by atoms with van der Waals surface area (Å²) in [5.41, 5.74) is 0. The van der Waals surface area contributed by atoms with Gasteiger partial charge in [0, 0.05) is 20.1 Å². The molecule has 1 unspecified atom stereocenters. The molecule has 2 rings (SSSR count). The second-order valence-corrected chi connectivity index (χ2v) is 5.85. The Balaban J connectivity index is 2.17. The van der Waals surface area contributed by atoms with Gasteiger partial charge in [-0.05, 0) is 39.0 Å². The van der Waals surface area contributed by atoms with Crippen LogP contribution in [0.25, 0.3) is 0 Å². The Labute approximate surface area is 127 Å². The highest BCUT2D eigenvalue weighted by Crippen LogP contribution is 2.24. The summed E-state index contributed by atoms with van der Waals surface area (Å²) < 4.78 is 5.63. The number of hydrogen-bond donors (Lipinski definition) is 1. The van der Waals surface area contributed by atoms with Crippen LogP contribution < -0.4 is 15.0 Å². The minimum absolute atomic E-state index is 0.0542.